The molecule has 1 fully saturated rings. The molecule has 2 nitrogen and oxygen atoms in total. The van der Waals surface area contributed by atoms with Crippen LogP contribution in [0, 0.1) is 5.92 Å². The first kappa shape index (κ1) is 15.1. The molecule has 1 saturated carbocycles. The molecule has 0 aromatic heterocycles. The molecule has 0 atom stereocenters. The van der Waals surface area contributed by atoms with Gasteiger partial charge < -0.3 is 4.74 Å². The highest BCUT2D eigenvalue weighted by atomic mass is 16.5. The van der Waals surface area contributed by atoms with E-state index >= 15 is 0 Å². The number of carbonyl (C=O) groups excluding carboxylic acids is 1. The molecule has 0 spiro atoms. The molecule has 110 valence electrons. The lowest BCUT2D eigenvalue weighted by Crippen LogP contribution is -2.09. The number of methoxy groups -OCH3 is 1. The number of ether oxygens (including phenoxy) is 1. The van der Waals surface area contributed by atoms with Crippen molar-refractivity contribution in [2.75, 3.05) is 7.11 Å². The summed E-state index contributed by atoms with van der Waals surface area (Å²) >= 11 is 0. The van der Waals surface area contributed by atoms with Crippen LogP contribution in [0.15, 0.2) is 24.3 Å². The molecule has 0 unspecified atom stereocenters. The second-order valence-corrected chi connectivity index (χ2v) is 5.93. The molecule has 0 bridgehead atoms. The average Bonchev–Trinajstić information content (AvgIpc) is 2.52. The Morgan fingerprint density at radius 3 is 2.45 bits per heavy atom. The first-order valence-corrected chi connectivity index (χ1v) is 7.92. The van der Waals surface area contributed by atoms with Crippen LogP contribution in [0.3, 0.4) is 0 Å². The Bertz CT molecular complexity index is 402. The quantitative estimate of drug-likeness (QED) is 0.728. The van der Waals surface area contributed by atoms with Gasteiger partial charge in [-0.3, -0.25) is 4.79 Å². The van der Waals surface area contributed by atoms with Crippen LogP contribution in [0.2, 0.25) is 0 Å². The van der Waals surface area contributed by atoms with Gasteiger partial charge in [0.25, 0.3) is 0 Å². The number of Topliss-reactive ketones (excluding diaryl/α,β-unsaturated/α-hetero) is 1. The predicted molar refractivity (Wildman–Crippen MR) is 82.1 cm³/mol. The zero-order valence-electron chi connectivity index (χ0n) is 12.6. The van der Waals surface area contributed by atoms with E-state index in [1.807, 2.05) is 24.3 Å². The van der Waals surface area contributed by atoms with Gasteiger partial charge in [-0.2, -0.15) is 0 Å². The van der Waals surface area contributed by atoms with Crippen LogP contribution in [-0.2, 0) is 11.2 Å². The van der Waals surface area contributed by atoms with Crippen LogP contribution >= 0.6 is 0 Å². The largest absolute Gasteiger partial charge is 0.497 e. The summed E-state index contributed by atoms with van der Waals surface area (Å²) in [6.45, 7) is 0. The molecule has 0 saturated heterocycles. The molecule has 0 amide bonds. The minimum absolute atomic E-state index is 0.423. The van der Waals surface area contributed by atoms with Crippen LogP contribution in [0.4, 0.5) is 0 Å². The average molecular weight is 274 g/mol. The summed E-state index contributed by atoms with van der Waals surface area (Å²) in [7, 11) is 1.67. The van der Waals surface area contributed by atoms with Crippen molar-refractivity contribution in [2.45, 2.75) is 57.8 Å². The zero-order valence-corrected chi connectivity index (χ0v) is 12.6. The number of hydrogen-bond donors (Lipinski definition) is 0. The van der Waals surface area contributed by atoms with Gasteiger partial charge in [0, 0.05) is 12.8 Å². The smallest absolute Gasteiger partial charge is 0.133 e. The molecule has 1 aromatic carbocycles. The van der Waals surface area contributed by atoms with Crippen LogP contribution in [-0.4, -0.2) is 12.9 Å². The van der Waals surface area contributed by atoms with Crippen LogP contribution < -0.4 is 4.74 Å². The first-order chi connectivity index (χ1) is 9.78. The molecule has 0 radical (unpaired) electrons. The van der Waals surface area contributed by atoms with E-state index < -0.39 is 0 Å². The molecule has 1 aliphatic carbocycles. The molecule has 2 heteroatoms. The number of benzene rings is 1. The number of aryl methyl sites for hydroxylation is 1. The van der Waals surface area contributed by atoms with Gasteiger partial charge in [0.05, 0.1) is 7.11 Å². The highest BCUT2D eigenvalue weighted by Gasteiger charge is 2.14. The summed E-state index contributed by atoms with van der Waals surface area (Å²) in [5.41, 5.74) is 1.22. The maximum absolute atomic E-state index is 12.0. The lowest BCUT2D eigenvalue weighted by Gasteiger charge is -2.20. The molecular formula is C18H26O2. The van der Waals surface area contributed by atoms with E-state index in [1.54, 1.807) is 7.11 Å². The monoisotopic (exact) mass is 274 g/mol. The van der Waals surface area contributed by atoms with Gasteiger partial charge in [0.15, 0.2) is 0 Å². The molecule has 2 rings (SSSR count). The molecule has 0 N–H and O–H groups in total. The Labute approximate surface area is 122 Å². The van der Waals surface area contributed by atoms with Crippen molar-refractivity contribution in [2.24, 2.45) is 5.92 Å². The standard InChI is InChI=1S/C18H26O2/c1-20-18-13-9-16(10-14-18)8-12-17(19)11-7-15-5-3-2-4-6-15/h9-10,13-15H,2-8,11-12H2,1H3. The fourth-order valence-corrected chi connectivity index (χ4v) is 3.04. The summed E-state index contributed by atoms with van der Waals surface area (Å²) in [5.74, 6) is 2.11. The van der Waals surface area contributed by atoms with E-state index in [0.29, 0.717) is 12.2 Å². The second-order valence-electron chi connectivity index (χ2n) is 5.93. The third kappa shape index (κ3) is 4.99. The lowest BCUT2D eigenvalue weighted by atomic mass is 9.85. The zero-order chi connectivity index (χ0) is 14.2. The van der Waals surface area contributed by atoms with Crippen molar-refractivity contribution in [1.29, 1.82) is 0 Å². The van der Waals surface area contributed by atoms with E-state index in [0.717, 1.165) is 30.9 Å². The maximum atomic E-state index is 12.0. The Morgan fingerprint density at radius 1 is 1.10 bits per heavy atom. The fraction of sp³-hybridized carbons (Fsp3) is 0.611. The van der Waals surface area contributed by atoms with Crippen molar-refractivity contribution in [3.8, 4) is 5.75 Å². The van der Waals surface area contributed by atoms with Crippen molar-refractivity contribution in [3.63, 3.8) is 0 Å². The number of carbonyl (C=O) groups is 1. The van der Waals surface area contributed by atoms with Gasteiger partial charge in [-0.15, -0.1) is 0 Å². The third-order valence-corrected chi connectivity index (χ3v) is 4.41. The highest BCUT2D eigenvalue weighted by molar-refractivity contribution is 5.78. The number of hydrogen-bond acceptors (Lipinski definition) is 2. The normalized spacial score (nSPS) is 16.1. The van der Waals surface area contributed by atoms with Gasteiger partial charge in [0.1, 0.15) is 11.5 Å². The van der Waals surface area contributed by atoms with E-state index in [1.165, 1.54) is 37.7 Å². The van der Waals surface area contributed by atoms with Gasteiger partial charge in [0.2, 0.25) is 0 Å². The summed E-state index contributed by atoms with van der Waals surface area (Å²) in [6, 6.07) is 8.02. The third-order valence-electron chi connectivity index (χ3n) is 4.41. The molecular weight excluding hydrogens is 248 g/mol. The Balaban J connectivity index is 1.66. The molecule has 0 heterocycles. The van der Waals surface area contributed by atoms with E-state index in [9.17, 15) is 4.79 Å². The Hall–Kier alpha value is -1.31. The van der Waals surface area contributed by atoms with Gasteiger partial charge in [-0.05, 0) is 36.5 Å². The molecule has 0 aliphatic heterocycles. The molecule has 20 heavy (non-hydrogen) atoms. The van der Waals surface area contributed by atoms with E-state index in [2.05, 4.69) is 0 Å². The van der Waals surface area contributed by atoms with Gasteiger partial charge in [-0.25, -0.2) is 0 Å². The van der Waals surface area contributed by atoms with Crippen molar-refractivity contribution < 1.29 is 9.53 Å². The van der Waals surface area contributed by atoms with Crippen LogP contribution in [0.5, 0.6) is 5.75 Å². The van der Waals surface area contributed by atoms with Gasteiger partial charge >= 0.3 is 0 Å². The minimum Gasteiger partial charge on any atom is -0.497 e. The summed E-state index contributed by atoms with van der Waals surface area (Å²) in [6.07, 6.45) is 10.2. The molecule has 1 aliphatic rings. The van der Waals surface area contributed by atoms with Crippen molar-refractivity contribution in [3.05, 3.63) is 29.8 Å². The topological polar surface area (TPSA) is 26.3 Å². The Morgan fingerprint density at radius 2 is 1.80 bits per heavy atom. The summed E-state index contributed by atoms with van der Waals surface area (Å²) in [4.78, 5) is 12.0. The Kier molecular flexibility index (Phi) is 6.10. The van der Waals surface area contributed by atoms with Gasteiger partial charge in [-0.1, -0.05) is 44.2 Å². The lowest BCUT2D eigenvalue weighted by molar-refractivity contribution is -0.119. The van der Waals surface area contributed by atoms with Crippen molar-refractivity contribution in [1.82, 2.24) is 0 Å². The summed E-state index contributed by atoms with van der Waals surface area (Å²) < 4.78 is 5.13. The number of rotatable bonds is 7. The fourth-order valence-electron chi connectivity index (χ4n) is 3.04. The first-order valence-electron chi connectivity index (χ1n) is 7.92. The maximum Gasteiger partial charge on any atom is 0.133 e. The number of ketones is 1. The second kappa shape index (κ2) is 8.08. The summed E-state index contributed by atoms with van der Waals surface area (Å²) in [5, 5.41) is 0. The van der Waals surface area contributed by atoms with Crippen LogP contribution in [0.1, 0.15) is 56.9 Å². The van der Waals surface area contributed by atoms with Crippen LogP contribution in [0.25, 0.3) is 0 Å². The van der Waals surface area contributed by atoms with Crippen molar-refractivity contribution >= 4 is 5.78 Å². The van der Waals surface area contributed by atoms with E-state index in [4.69, 9.17) is 4.74 Å². The predicted octanol–water partition coefficient (Wildman–Crippen LogP) is 4.56. The molecule has 1 aromatic rings. The highest BCUT2D eigenvalue weighted by Crippen LogP contribution is 2.27. The van der Waals surface area contributed by atoms with E-state index in [-0.39, 0.29) is 0 Å². The SMILES string of the molecule is COc1ccc(CCC(=O)CCC2CCCCC2)cc1. The minimum atomic E-state index is 0.423.